The van der Waals surface area contributed by atoms with Gasteiger partial charge in [-0.15, -0.1) is 0 Å². The van der Waals surface area contributed by atoms with Crippen LogP contribution in [0.15, 0.2) is 36.4 Å². The first-order chi connectivity index (χ1) is 13.1. The van der Waals surface area contributed by atoms with Gasteiger partial charge in [-0.1, -0.05) is 44.0 Å². The summed E-state index contributed by atoms with van der Waals surface area (Å²) < 4.78 is 45.2. The van der Waals surface area contributed by atoms with Crippen LogP contribution in [0, 0.1) is 17.6 Å². The second-order valence-corrected chi connectivity index (χ2v) is 7.43. The summed E-state index contributed by atoms with van der Waals surface area (Å²) in [6.07, 6.45) is 7.60. The van der Waals surface area contributed by atoms with Crippen LogP contribution in [0.2, 0.25) is 0 Å². The summed E-state index contributed by atoms with van der Waals surface area (Å²) >= 11 is 0. The van der Waals surface area contributed by atoms with Crippen LogP contribution in [0.5, 0.6) is 5.75 Å². The topological polar surface area (TPSA) is 9.23 Å². The zero-order chi connectivity index (χ0) is 19.2. The molecule has 4 heteroatoms. The van der Waals surface area contributed by atoms with Gasteiger partial charge in [0.25, 0.3) is 0 Å². The molecule has 146 valence electrons. The van der Waals surface area contributed by atoms with Gasteiger partial charge < -0.3 is 4.74 Å². The van der Waals surface area contributed by atoms with Crippen LogP contribution in [-0.2, 0) is 0 Å². The van der Waals surface area contributed by atoms with Gasteiger partial charge >= 0.3 is 0 Å². The first-order valence-electron chi connectivity index (χ1n) is 9.90. The number of rotatable bonds is 7. The Labute approximate surface area is 159 Å². The summed E-state index contributed by atoms with van der Waals surface area (Å²) in [6, 6.07) is 10.5. The molecule has 0 spiro atoms. The number of benzene rings is 2. The number of alkyl halides is 1. The molecule has 1 fully saturated rings. The molecular weight excluding hydrogens is 349 g/mol. The maximum atomic E-state index is 14.1. The van der Waals surface area contributed by atoms with Gasteiger partial charge in [0.1, 0.15) is 13.3 Å². The molecule has 0 N–H and O–H groups in total. The molecule has 27 heavy (non-hydrogen) atoms. The summed E-state index contributed by atoms with van der Waals surface area (Å²) in [7, 11) is 0. The van der Waals surface area contributed by atoms with Crippen molar-refractivity contribution >= 4 is 0 Å². The SMILES string of the molecule is CCCC1CCC(c2ccc(-c3cc(F)c(OCCF)c(F)c3)cc2)CC1. The molecule has 0 amide bonds. The smallest absolute Gasteiger partial charge is 0.190 e. The minimum Gasteiger partial charge on any atom is -0.485 e. The normalized spacial score (nSPS) is 19.9. The predicted molar refractivity (Wildman–Crippen MR) is 103 cm³/mol. The lowest BCUT2D eigenvalue weighted by atomic mass is 9.77. The average Bonchev–Trinajstić information content (AvgIpc) is 2.68. The van der Waals surface area contributed by atoms with Gasteiger partial charge in [0.05, 0.1) is 0 Å². The van der Waals surface area contributed by atoms with E-state index in [9.17, 15) is 13.2 Å². The van der Waals surface area contributed by atoms with E-state index in [-0.39, 0.29) is 6.61 Å². The molecule has 1 aliphatic rings. The van der Waals surface area contributed by atoms with E-state index in [1.165, 1.54) is 56.2 Å². The highest BCUT2D eigenvalue weighted by Crippen LogP contribution is 2.38. The van der Waals surface area contributed by atoms with Crippen molar-refractivity contribution in [2.45, 2.75) is 51.4 Å². The summed E-state index contributed by atoms with van der Waals surface area (Å²) in [5.74, 6) is -0.683. The Hall–Kier alpha value is -1.97. The van der Waals surface area contributed by atoms with Crippen LogP contribution in [0.4, 0.5) is 13.2 Å². The summed E-state index contributed by atoms with van der Waals surface area (Å²) in [6.45, 7) is 1.10. The van der Waals surface area contributed by atoms with Crippen LogP contribution >= 0.6 is 0 Å². The molecule has 0 saturated heterocycles. The monoisotopic (exact) mass is 376 g/mol. The molecule has 0 unspecified atom stereocenters. The van der Waals surface area contributed by atoms with E-state index in [0.29, 0.717) is 11.5 Å². The van der Waals surface area contributed by atoms with Gasteiger partial charge in [0, 0.05) is 0 Å². The van der Waals surface area contributed by atoms with E-state index in [1.807, 2.05) is 12.1 Å². The molecule has 2 aromatic carbocycles. The van der Waals surface area contributed by atoms with Gasteiger partial charge in [-0.05, 0) is 66.3 Å². The van der Waals surface area contributed by atoms with Crippen molar-refractivity contribution in [3.8, 4) is 16.9 Å². The zero-order valence-corrected chi connectivity index (χ0v) is 15.8. The maximum absolute atomic E-state index is 14.1. The molecule has 1 saturated carbocycles. The maximum Gasteiger partial charge on any atom is 0.190 e. The molecule has 0 bridgehead atoms. The summed E-state index contributed by atoms with van der Waals surface area (Å²) in [5, 5.41) is 0. The highest BCUT2D eigenvalue weighted by atomic mass is 19.1. The van der Waals surface area contributed by atoms with Crippen LogP contribution < -0.4 is 4.74 Å². The summed E-state index contributed by atoms with van der Waals surface area (Å²) in [5.41, 5.74) is 2.52. The zero-order valence-electron chi connectivity index (χ0n) is 15.8. The van der Waals surface area contributed by atoms with E-state index in [4.69, 9.17) is 4.74 Å². The van der Waals surface area contributed by atoms with Crippen molar-refractivity contribution in [3.05, 3.63) is 53.6 Å². The van der Waals surface area contributed by atoms with Crippen LogP contribution in [0.3, 0.4) is 0 Å². The lowest BCUT2D eigenvalue weighted by molar-refractivity contribution is 0.251. The molecule has 1 aliphatic carbocycles. The highest BCUT2D eigenvalue weighted by molar-refractivity contribution is 5.65. The molecule has 2 aromatic rings. The van der Waals surface area contributed by atoms with Crippen molar-refractivity contribution in [2.75, 3.05) is 13.3 Å². The van der Waals surface area contributed by atoms with E-state index in [2.05, 4.69) is 19.1 Å². The van der Waals surface area contributed by atoms with Gasteiger partial charge in [-0.2, -0.15) is 0 Å². The molecule has 0 heterocycles. The fourth-order valence-electron chi connectivity index (χ4n) is 4.15. The second-order valence-electron chi connectivity index (χ2n) is 7.43. The fourth-order valence-corrected chi connectivity index (χ4v) is 4.15. The molecule has 0 atom stereocenters. The molecular formula is C23H27F3O. The number of hydrogen-bond acceptors (Lipinski definition) is 1. The Morgan fingerprint density at radius 2 is 1.56 bits per heavy atom. The fraction of sp³-hybridized carbons (Fsp3) is 0.478. The standard InChI is InChI=1S/C23H27F3O/c1-2-3-16-4-6-17(7-5-16)18-8-10-19(11-9-18)20-14-21(25)23(22(26)15-20)27-13-12-24/h8-11,14-17H,2-7,12-13H2,1H3. The first kappa shape index (κ1) is 19.8. The second kappa shape index (κ2) is 9.29. The molecule has 0 aliphatic heterocycles. The van der Waals surface area contributed by atoms with Crippen LogP contribution in [-0.4, -0.2) is 13.3 Å². The van der Waals surface area contributed by atoms with Gasteiger partial charge in [0.2, 0.25) is 0 Å². The Kier molecular flexibility index (Phi) is 6.81. The lowest BCUT2D eigenvalue weighted by Gasteiger charge is -2.28. The Morgan fingerprint density at radius 3 is 2.11 bits per heavy atom. The average molecular weight is 376 g/mol. The molecule has 3 rings (SSSR count). The third-order valence-electron chi connectivity index (χ3n) is 5.58. The summed E-state index contributed by atoms with van der Waals surface area (Å²) in [4.78, 5) is 0. The van der Waals surface area contributed by atoms with E-state index in [1.54, 1.807) is 0 Å². The largest absolute Gasteiger partial charge is 0.485 e. The van der Waals surface area contributed by atoms with E-state index < -0.39 is 24.1 Å². The van der Waals surface area contributed by atoms with Gasteiger partial charge in [0.15, 0.2) is 17.4 Å². The Morgan fingerprint density at radius 1 is 0.926 bits per heavy atom. The van der Waals surface area contributed by atoms with Crippen molar-refractivity contribution in [3.63, 3.8) is 0 Å². The minimum absolute atomic E-state index is 0.359. The number of hydrogen-bond donors (Lipinski definition) is 0. The quantitative estimate of drug-likeness (QED) is 0.503. The third kappa shape index (κ3) is 4.85. The highest BCUT2D eigenvalue weighted by Gasteiger charge is 2.22. The van der Waals surface area contributed by atoms with Gasteiger partial charge in [-0.25, -0.2) is 13.2 Å². The third-order valence-corrected chi connectivity index (χ3v) is 5.58. The first-order valence-corrected chi connectivity index (χ1v) is 9.90. The predicted octanol–water partition coefficient (Wildman–Crippen LogP) is 7.05. The van der Waals surface area contributed by atoms with E-state index in [0.717, 1.165) is 11.5 Å². The lowest BCUT2D eigenvalue weighted by Crippen LogP contribution is -2.13. The molecule has 0 radical (unpaired) electrons. The Bertz CT molecular complexity index is 711. The molecule has 0 aromatic heterocycles. The van der Waals surface area contributed by atoms with Crippen molar-refractivity contribution < 1.29 is 17.9 Å². The number of ether oxygens (including phenoxy) is 1. The van der Waals surface area contributed by atoms with Crippen LogP contribution in [0.25, 0.3) is 11.1 Å². The van der Waals surface area contributed by atoms with Crippen LogP contribution in [0.1, 0.15) is 56.9 Å². The minimum atomic E-state index is -0.809. The van der Waals surface area contributed by atoms with Gasteiger partial charge in [-0.3, -0.25) is 0 Å². The number of halogens is 3. The molecule has 1 nitrogen and oxygen atoms in total. The van der Waals surface area contributed by atoms with E-state index >= 15 is 0 Å². The van der Waals surface area contributed by atoms with Crippen molar-refractivity contribution in [1.29, 1.82) is 0 Å². The Balaban J connectivity index is 1.70. The van der Waals surface area contributed by atoms with Crippen molar-refractivity contribution in [2.24, 2.45) is 5.92 Å². The van der Waals surface area contributed by atoms with Crippen molar-refractivity contribution in [1.82, 2.24) is 0 Å².